The molecule has 1 aliphatic heterocycles. The van der Waals surface area contributed by atoms with Crippen LogP contribution in [-0.2, 0) is 20.7 Å². The molecule has 9 nitrogen and oxygen atoms in total. The van der Waals surface area contributed by atoms with E-state index in [9.17, 15) is 9.59 Å². The predicted octanol–water partition coefficient (Wildman–Crippen LogP) is 1.95. The van der Waals surface area contributed by atoms with Crippen molar-refractivity contribution in [3.63, 3.8) is 0 Å². The summed E-state index contributed by atoms with van der Waals surface area (Å²) in [7, 11) is 0. The molecular weight excluding hydrogens is 374 g/mol. The Labute approximate surface area is 168 Å². The van der Waals surface area contributed by atoms with Gasteiger partial charge in [-0.1, -0.05) is 12.6 Å². The normalized spacial score (nSPS) is 16.2. The van der Waals surface area contributed by atoms with Crippen molar-refractivity contribution in [2.45, 2.75) is 38.3 Å². The number of amides is 2. The number of aromatic amines is 1. The van der Waals surface area contributed by atoms with Gasteiger partial charge in [0.1, 0.15) is 11.5 Å². The number of ether oxygens (including phenoxy) is 2. The van der Waals surface area contributed by atoms with Crippen molar-refractivity contribution >= 4 is 23.5 Å². The minimum Gasteiger partial charge on any atom is -0.497 e. The van der Waals surface area contributed by atoms with Gasteiger partial charge < -0.3 is 25.5 Å². The summed E-state index contributed by atoms with van der Waals surface area (Å²) in [5.74, 6) is 0.914. The first kappa shape index (κ1) is 20.4. The number of hydrogen-bond acceptors (Lipinski definition) is 6. The number of benzene rings is 1. The van der Waals surface area contributed by atoms with E-state index in [0.717, 1.165) is 5.56 Å². The van der Waals surface area contributed by atoms with Crippen LogP contribution in [0.4, 0.5) is 11.6 Å². The molecule has 0 radical (unpaired) electrons. The largest absolute Gasteiger partial charge is 0.497 e. The molecule has 0 spiro atoms. The van der Waals surface area contributed by atoms with Crippen molar-refractivity contribution < 1.29 is 19.1 Å². The average molecular weight is 399 g/mol. The summed E-state index contributed by atoms with van der Waals surface area (Å²) in [5.41, 5.74) is 7.60. The number of nitrogens with zero attached hydrogens (tertiary/aromatic N) is 1. The Bertz CT molecular complexity index is 881. The molecule has 1 aromatic heterocycles. The minimum atomic E-state index is -0.740. The van der Waals surface area contributed by atoms with E-state index in [4.69, 9.17) is 15.2 Å². The van der Waals surface area contributed by atoms with Gasteiger partial charge in [0, 0.05) is 25.2 Å². The van der Waals surface area contributed by atoms with Crippen molar-refractivity contribution in [1.29, 1.82) is 0 Å². The topological polar surface area (TPSA) is 131 Å². The Morgan fingerprint density at radius 3 is 3.03 bits per heavy atom. The lowest BCUT2D eigenvalue weighted by atomic mass is 10.0. The summed E-state index contributed by atoms with van der Waals surface area (Å²) in [4.78, 5) is 31.0. The number of nitrogens with two attached hydrogens (primary N) is 1. The van der Waals surface area contributed by atoms with E-state index in [1.807, 2.05) is 19.1 Å². The number of carbonyl (C=O) groups is 2. The number of nitrogens with one attached hydrogen (secondary N) is 3. The lowest BCUT2D eigenvalue weighted by molar-refractivity contribution is -0.124. The molecule has 2 amide bonds. The molecule has 1 aliphatic rings. The van der Waals surface area contributed by atoms with Crippen LogP contribution in [0.25, 0.3) is 0 Å². The third kappa shape index (κ3) is 5.35. The van der Waals surface area contributed by atoms with Crippen LogP contribution >= 0.6 is 0 Å². The Morgan fingerprint density at radius 1 is 1.48 bits per heavy atom. The van der Waals surface area contributed by atoms with Crippen molar-refractivity contribution in [2.24, 2.45) is 5.73 Å². The van der Waals surface area contributed by atoms with Gasteiger partial charge in [0.25, 0.3) is 5.91 Å². The highest BCUT2D eigenvalue weighted by Crippen LogP contribution is 2.32. The van der Waals surface area contributed by atoms with Crippen LogP contribution in [0.15, 0.2) is 42.9 Å². The molecule has 0 bridgehead atoms. The van der Waals surface area contributed by atoms with Gasteiger partial charge in [-0.2, -0.15) is 0 Å². The molecule has 0 saturated heterocycles. The first-order valence-electron chi connectivity index (χ1n) is 9.43. The Hall–Kier alpha value is -3.33. The van der Waals surface area contributed by atoms with Gasteiger partial charge >= 0.3 is 0 Å². The molecule has 2 aromatic rings. The minimum absolute atomic E-state index is 0.126. The summed E-state index contributed by atoms with van der Waals surface area (Å²) >= 11 is 0. The molecule has 154 valence electrons. The SMILES string of the molecule is C=C(OCC)[C@@H](N)Cc1ccc2c(c1)NC(=O)[C@@H](CCC(=O)Nc1ncc[nH]1)O2. The zero-order valence-corrected chi connectivity index (χ0v) is 16.2. The van der Waals surface area contributed by atoms with Gasteiger partial charge in [-0.3, -0.25) is 14.9 Å². The first-order valence-corrected chi connectivity index (χ1v) is 9.43. The van der Waals surface area contributed by atoms with Crippen LogP contribution in [-0.4, -0.2) is 40.5 Å². The maximum Gasteiger partial charge on any atom is 0.265 e. The molecule has 0 fully saturated rings. The van der Waals surface area contributed by atoms with E-state index in [1.54, 1.807) is 12.3 Å². The molecule has 0 aliphatic carbocycles. The zero-order chi connectivity index (χ0) is 20.8. The van der Waals surface area contributed by atoms with Crippen LogP contribution in [0.5, 0.6) is 5.75 Å². The first-order chi connectivity index (χ1) is 14.0. The number of H-pyrrole nitrogens is 1. The quantitative estimate of drug-likeness (QED) is 0.477. The lowest BCUT2D eigenvalue weighted by Crippen LogP contribution is -2.37. The monoisotopic (exact) mass is 399 g/mol. The van der Waals surface area contributed by atoms with Crippen molar-refractivity contribution in [2.75, 3.05) is 17.2 Å². The van der Waals surface area contributed by atoms with Gasteiger partial charge in [0.2, 0.25) is 11.9 Å². The van der Waals surface area contributed by atoms with Gasteiger partial charge in [0.15, 0.2) is 6.10 Å². The van der Waals surface area contributed by atoms with E-state index >= 15 is 0 Å². The standard InChI is InChI=1S/C20H25N5O4/c1-3-28-12(2)14(21)10-13-4-5-16-15(11-13)24-19(27)17(29-16)6-7-18(26)25-20-22-8-9-23-20/h4-5,8-9,11,14,17H,2-3,6-7,10,21H2,1H3,(H,24,27)(H2,22,23,25,26)/t14-,17+/m0/s1. The predicted molar refractivity (Wildman–Crippen MR) is 108 cm³/mol. The summed E-state index contributed by atoms with van der Waals surface area (Å²) < 4.78 is 11.1. The molecule has 3 rings (SSSR count). The Balaban J connectivity index is 1.56. The molecule has 29 heavy (non-hydrogen) atoms. The highest BCUT2D eigenvalue weighted by Gasteiger charge is 2.28. The summed E-state index contributed by atoms with van der Waals surface area (Å²) in [5, 5.41) is 5.46. The highest BCUT2D eigenvalue weighted by molar-refractivity contribution is 5.98. The number of rotatable bonds is 9. The second kappa shape index (κ2) is 9.24. The second-order valence-corrected chi connectivity index (χ2v) is 6.66. The van der Waals surface area contributed by atoms with Gasteiger partial charge in [-0.25, -0.2) is 4.98 Å². The molecule has 9 heteroatoms. The molecule has 1 aromatic carbocycles. The van der Waals surface area contributed by atoms with E-state index in [1.165, 1.54) is 6.20 Å². The Morgan fingerprint density at radius 2 is 2.31 bits per heavy atom. The molecule has 0 unspecified atom stereocenters. The smallest absolute Gasteiger partial charge is 0.265 e. The third-order valence-electron chi connectivity index (χ3n) is 4.45. The van der Waals surface area contributed by atoms with E-state index in [2.05, 4.69) is 27.2 Å². The van der Waals surface area contributed by atoms with Gasteiger partial charge in [-0.05, 0) is 31.0 Å². The van der Waals surface area contributed by atoms with Crippen LogP contribution < -0.4 is 21.1 Å². The maximum atomic E-state index is 12.4. The maximum absolute atomic E-state index is 12.4. The van der Waals surface area contributed by atoms with E-state index in [0.29, 0.717) is 36.2 Å². The number of hydrogen-bond donors (Lipinski definition) is 4. The fourth-order valence-corrected chi connectivity index (χ4v) is 2.97. The molecule has 5 N–H and O–H groups in total. The van der Waals surface area contributed by atoms with Gasteiger partial charge in [-0.15, -0.1) is 0 Å². The summed E-state index contributed by atoms with van der Waals surface area (Å²) in [6.45, 7) is 6.22. The molecule has 0 saturated carbocycles. The van der Waals surface area contributed by atoms with E-state index in [-0.39, 0.29) is 30.7 Å². The van der Waals surface area contributed by atoms with Crippen molar-refractivity contribution in [3.8, 4) is 5.75 Å². The number of aromatic nitrogens is 2. The lowest BCUT2D eigenvalue weighted by Gasteiger charge is -2.26. The van der Waals surface area contributed by atoms with Crippen molar-refractivity contribution in [3.05, 3.63) is 48.5 Å². The molecular formula is C20H25N5O4. The highest BCUT2D eigenvalue weighted by atomic mass is 16.5. The fourth-order valence-electron chi connectivity index (χ4n) is 2.97. The van der Waals surface area contributed by atoms with Crippen LogP contribution in [0.1, 0.15) is 25.3 Å². The molecule has 2 atom stereocenters. The van der Waals surface area contributed by atoms with Crippen LogP contribution in [0, 0.1) is 0 Å². The Kier molecular flexibility index (Phi) is 6.50. The summed E-state index contributed by atoms with van der Waals surface area (Å²) in [6, 6.07) is 5.16. The zero-order valence-electron chi connectivity index (χ0n) is 16.2. The second-order valence-electron chi connectivity index (χ2n) is 6.66. The molecule has 2 heterocycles. The van der Waals surface area contributed by atoms with E-state index < -0.39 is 6.10 Å². The summed E-state index contributed by atoms with van der Waals surface area (Å²) in [6.07, 6.45) is 3.31. The van der Waals surface area contributed by atoms with Gasteiger partial charge in [0.05, 0.1) is 18.3 Å². The number of imidazole rings is 1. The van der Waals surface area contributed by atoms with Crippen LogP contribution in [0.2, 0.25) is 0 Å². The number of anilines is 2. The van der Waals surface area contributed by atoms with Crippen molar-refractivity contribution in [1.82, 2.24) is 9.97 Å². The number of carbonyl (C=O) groups excluding carboxylic acids is 2. The third-order valence-corrected chi connectivity index (χ3v) is 4.45. The average Bonchev–Trinajstić information content (AvgIpc) is 3.19. The number of fused-ring (bicyclic) bond motifs is 1. The fraction of sp³-hybridized carbons (Fsp3) is 0.350. The van der Waals surface area contributed by atoms with Crippen LogP contribution in [0.3, 0.4) is 0 Å².